The van der Waals surface area contributed by atoms with Crippen LogP contribution in [0.1, 0.15) is 36.7 Å². The average Bonchev–Trinajstić information content (AvgIpc) is 3.12. The highest BCUT2D eigenvalue weighted by Crippen LogP contribution is 2.25. The van der Waals surface area contributed by atoms with Crippen molar-refractivity contribution in [3.05, 3.63) is 78.0 Å². The summed E-state index contributed by atoms with van der Waals surface area (Å²) >= 11 is 0. The Balaban J connectivity index is 1.49. The van der Waals surface area contributed by atoms with E-state index in [1.165, 1.54) is 5.56 Å². The van der Waals surface area contributed by atoms with E-state index in [1.54, 1.807) is 6.20 Å². The van der Waals surface area contributed by atoms with Crippen LogP contribution in [0, 0.1) is 0 Å². The van der Waals surface area contributed by atoms with Crippen LogP contribution >= 0.6 is 0 Å². The smallest absolute Gasteiger partial charge is 0.255 e. The number of hydrogen-bond donors (Lipinski definition) is 1. The molecule has 0 aliphatic heterocycles. The van der Waals surface area contributed by atoms with Gasteiger partial charge in [0.15, 0.2) is 11.2 Å². The maximum absolute atomic E-state index is 12.5. The van der Waals surface area contributed by atoms with Gasteiger partial charge in [0.2, 0.25) is 5.89 Å². The number of oxazole rings is 1. The Morgan fingerprint density at radius 3 is 2.32 bits per heavy atom. The molecule has 0 saturated carbocycles. The number of nitrogens with one attached hydrogen (secondary N) is 1. The van der Waals surface area contributed by atoms with E-state index < -0.39 is 0 Å². The Morgan fingerprint density at radius 1 is 0.964 bits per heavy atom. The maximum Gasteiger partial charge on any atom is 0.255 e. The number of carbonyl (C=O) groups is 1. The van der Waals surface area contributed by atoms with Crippen molar-refractivity contribution in [1.82, 2.24) is 9.97 Å². The second-order valence-electron chi connectivity index (χ2n) is 7.70. The third kappa shape index (κ3) is 3.64. The molecular weight excluding hydrogens is 350 g/mol. The lowest BCUT2D eigenvalue weighted by atomic mass is 9.87. The van der Waals surface area contributed by atoms with Crippen LogP contribution in [0.3, 0.4) is 0 Å². The number of anilines is 1. The van der Waals surface area contributed by atoms with Crippen molar-refractivity contribution in [2.75, 3.05) is 5.32 Å². The van der Waals surface area contributed by atoms with Crippen LogP contribution in [0.2, 0.25) is 0 Å². The summed E-state index contributed by atoms with van der Waals surface area (Å²) in [5.74, 6) is 0.364. The van der Waals surface area contributed by atoms with E-state index >= 15 is 0 Å². The van der Waals surface area contributed by atoms with Crippen LogP contribution in [0.4, 0.5) is 5.69 Å². The molecule has 0 aliphatic carbocycles. The van der Waals surface area contributed by atoms with E-state index in [0.29, 0.717) is 28.4 Å². The summed E-state index contributed by atoms with van der Waals surface area (Å²) in [7, 11) is 0. The predicted octanol–water partition coefficient (Wildman–Crippen LogP) is 5.44. The van der Waals surface area contributed by atoms with Crippen LogP contribution in [-0.2, 0) is 5.41 Å². The Bertz CT molecular complexity index is 1090. The summed E-state index contributed by atoms with van der Waals surface area (Å²) in [5, 5.41) is 2.92. The molecule has 0 radical (unpaired) electrons. The molecular formula is C23H21N3O2. The fourth-order valence-electron chi connectivity index (χ4n) is 2.91. The Labute approximate surface area is 163 Å². The molecule has 2 heterocycles. The van der Waals surface area contributed by atoms with Gasteiger partial charge in [-0.15, -0.1) is 0 Å². The summed E-state index contributed by atoms with van der Waals surface area (Å²) in [6.45, 7) is 6.45. The monoisotopic (exact) mass is 371 g/mol. The largest absolute Gasteiger partial charge is 0.434 e. The first-order chi connectivity index (χ1) is 13.4. The molecule has 0 saturated heterocycles. The zero-order chi connectivity index (χ0) is 19.7. The van der Waals surface area contributed by atoms with Gasteiger partial charge in [-0.2, -0.15) is 4.98 Å². The summed E-state index contributed by atoms with van der Waals surface area (Å²) in [5.41, 5.74) is 4.64. The number of carbonyl (C=O) groups excluding carboxylic acids is 1. The van der Waals surface area contributed by atoms with Gasteiger partial charge in [0.05, 0.1) is 0 Å². The molecule has 0 bridgehead atoms. The quantitative estimate of drug-likeness (QED) is 0.521. The van der Waals surface area contributed by atoms with Crippen LogP contribution in [-0.4, -0.2) is 15.9 Å². The van der Waals surface area contributed by atoms with E-state index in [1.807, 2.05) is 60.7 Å². The molecule has 140 valence electrons. The highest BCUT2D eigenvalue weighted by Gasteiger charge is 2.14. The first-order valence-corrected chi connectivity index (χ1v) is 9.14. The number of aromatic nitrogens is 2. The fourth-order valence-corrected chi connectivity index (χ4v) is 2.91. The first kappa shape index (κ1) is 17.9. The van der Waals surface area contributed by atoms with Crippen LogP contribution in [0.15, 0.2) is 71.3 Å². The van der Waals surface area contributed by atoms with Gasteiger partial charge in [-0.1, -0.05) is 32.9 Å². The molecule has 0 aliphatic rings. The minimum Gasteiger partial charge on any atom is -0.434 e. The zero-order valence-electron chi connectivity index (χ0n) is 16.1. The predicted molar refractivity (Wildman–Crippen MR) is 110 cm³/mol. The summed E-state index contributed by atoms with van der Waals surface area (Å²) < 4.78 is 5.72. The number of rotatable bonds is 3. The summed E-state index contributed by atoms with van der Waals surface area (Å²) in [6, 6.07) is 18.7. The van der Waals surface area contributed by atoms with Crippen LogP contribution in [0.25, 0.3) is 22.7 Å². The number of pyridine rings is 1. The second kappa shape index (κ2) is 6.93. The fraction of sp³-hybridized carbons (Fsp3) is 0.174. The molecule has 2 aromatic heterocycles. The van der Waals surface area contributed by atoms with Crippen LogP contribution in [0.5, 0.6) is 0 Å². The van der Waals surface area contributed by atoms with Gasteiger partial charge in [-0.3, -0.25) is 4.79 Å². The third-order valence-electron chi connectivity index (χ3n) is 4.57. The summed E-state index contributed by atoms with van der Waals surface area (Å²) in [4.78, 5) is 21.1. The summed E-state index contributed by atoms with van der Waals surface area (Å²) in [6.07, 6.45) is 1.68. The van der Waals surface area contributed by atoms with Gasteiger partial charge >= 0.3 is 0 Å². The molecule has 1 amide bonds. The van der Waals surface area contributed by atoms with Gasteiger partial charge in [0.25, 0.3) is 5.91 Å². The number of nitrogens with zero attached hydrogens (tertiary/aromatic N) is 2. The molecule has 4 aromatic rings. The van der Waals surface area contributed by atoms with E-state index in [9.17, 15) is 4.79 Å². The Hall–Kier alpha value is -3.47. The van der Waals surface area contributed by atoms with Gasteiger partial charge in [-0.05, 0) is 59.5 Å². The minimum absolute atomic E-state index is 0.0606. The molecule has 0 fully saturated rings. The van der Waals surface area contributed by atoms with Crippen molar-refractivity contribution in [2.45, 2.75) is 26.2 Å². The molecule has 5 heteroatoms. The lowest BCUT2D eigenvalue weighted by Gasteiger charge is -2.19. The first-order valence-electron chi connectivity index (χ1n) is 9.14. The van der Waals surface area contributed by atoms with Crippen molar-refractivity contribution < 1.29 is 9.21 Å². The van der Waals surface area contributed by atoms with E-state index in [4.69, 9.17) is 4.42 Å². The molecule has 0 unspecified atom stereocenters. The topological polar surface area (TPSA) is 68.0 Å². The molecule has 5 nitrogen and oxygen atoms in total. The normalized spacial score (nSPS) is 11.5. The highest BCUT2D eigenvalue weighted by molar-refractivity contribution is 6.04. The zero-order valence-corrected chi connectivity index (χ0v) is 16.1. The van der Waals surface area contributed by atoms with E-state index in [0.717, 1.165) is 5.56 Å². The van der Waals surface area contributed by atoms with Crippen molar-refractivity contribution in [2.24, 2.45) is 0 Å². The number of amides is 1. The van der Waals surface area contributed by atoms with E-state index in [-0.39, 0.29) is 11.3 Å². The molecule has 28 heavy (non-hydrogen) atoms. The third-order valence-corrected chi connectivity index (χ3v) is 4.57. The number of benzene rings is 2. The van der Waals surface area contributed by atoms with Crippen LogP contribution < -0.4 is 5.32 Å². The molecule has 0 atom stereocenters. The molecule has 0 spiro atoms. The lowest BCUT2D eigenvalue weighted by Crippen LogP contribution is -2.14. The number of hydrogen-bond acceptors (Lipinski definition) is 4. The van der Waals surface area contributed by atoms with Crippen molar-refractivity contribution in [3.8, 4) is 11.5 Å². The van der Waals surface area contributed by atoms with E-state index in [2.05, 4.69) is 36.1 Å². The second-order valence-corrected chi connectivity index (χ2v) is 7.70. The van der Waals surface area contributed by atoms with Gasteiger partial charge in [0, 0.05) is 23.0 Å². The van der Waals surface area contributed by atoms with Crippen molar-refractivity contribution in [1.29, 1.82) is 0 Å². The van der Waals surface area contributed by atoms with Crippen molar-refractivity contribution >= 4 is 22.8 Å². The molecule has 2 aromatic carbocycles. The standard InChI is InChI=1S/C23H21N3O2/c1-23(2,3)17-10-6-15(7-11-17)21(27)25-18-12-8-16(9-13-18)22-26-20-19(28-22)5-4-14-24-20/h4-14H,1-3H3,(H,25,27). The number of fused-ring (bicyclic) bond motifs is 1. The van der Waals surface area contributed by atoms with Gasteiger partial charge < -0.3 is 9.73 Å². The van der Waals surface area contributed by atoms with Gasteiger partial charge in [-0.25, -0.2) is 4.98 Å². The van der Waals surface area contributed by atoms with Crippen molar-refractivity contribution in [3.63, 3.8) is 0 Å². The Morgan fingerprint density at radius 2 is 1.68 bits per heavy atom. The maximum atomic E-state index is 12.5. The minimum atomic E-state index is -0.140. The Kier molecular flexibility index (Phi) is 4.43. The highest BCUT2D eigenvalue weighted by atomic mass is 16.3. The molecule has 4 rings (SSSR count). The molecule has 1 N–H and O–H groups in total. The van der Waals surface area contributed by atoms with Gasteiger partial charge in [0.1, 0.15) is 0 Å². The SMILES string of the molecule is CC(C)(C)c1ccc(C(=O)Nc2ccc(-c3nc4ncccc4o3)cc2)cc1. The average molecular weight is 371 g/mol. The lowest BCUT2D eigenvalue weighted by molar-refractivity contribution is 0.102.